The lowest BCUT2D eigenvalue weighted by Gasteiger charge is -2.35. The van der Waals surface area contributed by atoms with E-state index in [0.29, 0.717) is 24.0 Å². The van der Waals surface area contributed by atoms with Crippen LogP contribution in [0, 0.1) is 0 Å². The van der Waals surface area contributed by atoms with E-state index in [9.17, 15) is 9.90 Å². The number of pyridine rings is 1. The van der Waals surface area contributed by atoms with Gasteiger partial charge >= 0.3 is 5.97 Å². The van der Waals surface area contributed by atoms with Crippen LogP contribution in [0.4, 0.5) is 5.82 Å². The molecule has 1 aliphatic carbocycles. The zero-order chi connectivity index (χ0) is 14.4. The third kappa shape index (κ3) is 3.28. The molecule has 1 N–H and O–H groups in total. The standard InChI is InChI=1S/C15H22N2O3/c1-20-15(19)13-8-5-9-16-14(13)17(10-11-18)12-6-3-2-4-7-12/h5,8-9,12,18H,2-4,6-7,10-11H2,1H3. The van der Waals surface area contributed by atoms with E-state index >= 15 is 0 Å². The van der Waals surface area contributed by atoms with Crippen molar-refractivity contribution >= 4 is 11.8 Å². The van der Waals surface area contributed by atoms with Crippen LogP contribution in [0.1, 0.15) is 42.5 Å². The fourth-order valence-corrected chi connectivity index (χ4v) is 2.86. The summed E-state index contributed by atoms with van der Waals surface area (Å²) in [6.45, 7) is 0.541. The van der Waals surface area contributed by atoms with E-state index in [2.05, 4.69) is 9.88 Å². The van der Waals surface area contributed by atoms with Crippen LogP contribution >= 0.6 is 0 Å². The van der Waals surface area contributed by atoms with Gasteiger partial charge in [-0.1, -0.05) is 19.3 Å². The number of aliphatic hydroxyl groups excluding tert-OH is 1. The van der Waals surface area contributed by atoms with Crippen molar-refractivity contribution in [3.05, 3.63) is 23.9 Å². The number of rotatable bonds is 5. The van der Waals surface area contributed by atoms with Crippen molar-refractivity contribution in [2.24, 2.45) is 0 Å². The molecule has 1 saturated carbocycles. The van der Waals surface area contributed by atoms with Crippen LogP contribution in [0.5, 0.6) is 0 Å². The quantitative estimate of drug-likeness (QED) is 0.835. The Balaban J connectivity index is 2.30. The van der Waals surface area contributed by atoms with E-state index < -0.39 is 0 Å². The highest BCUT2D eigenvalue weighted by atomic mass is 16.5. The number of methoxy groups -OCH3 is 1. The van der Waals surface area contributed by atoms with Gasteiger partial charge < -0.3 is 14.7 Å². The maximum atomic E-state index is 11.9. The molecule has 5 nitrogen and oxygen atoms in total. The predicted octanol–water partition coefficient (Wildman–Crippen LogP) is 2.00. The van der Waals surface area contributed by atoms with Gasteiger partial charge in [-0.3, -0.25) is 0 Å². The Kier molecular flexibility index (Phi) is 5.35. The molecule has 0 aromatic carbocycles. The summed E-state index contributed by atoms with van der Waals surface area (Å²) < 4.78 is 4.82. The Bertz CT molecular complexity index is 444. The monoisotopic (exact) mass is 278 g/mol. The number of hydrogen-bond acceptors (Lipinski definition) is 5. The molecule has 5 heteroatoms. The minimum absolute atomic E-state index is 0.0493. The van der Waals surface area contributed by atoms with Gasteiger partial charge in [-0.2, -0.15) is 0 Å². The van der Waals surface area contributed by atoms with E-state index in [0.717, 1.165) is 12.8 Å². The summed E-state index contributed by atoms with van der Waals surface area (Å²) in [5.74, 6) is 0.243. The van der Waals surface area contributed by atoms with E-state index in [-0.39, 0.29) is 12.6 Å². The number of nitrogens with zero attached hydrogens (tertiary/aromatic N) is 2. The second-order valence-corrected chi connectivity index (χ2v) is 5.07. The second-order valence-electron chi connectivity index (χ2n) is 5.07. The number of hydrogen-bond donors (Lipinski definition) is 1. The maximum absolute atomic E-state index is 11.9. The lowest BCUT2D eigenvalue weighted by atomic mass is 9.94. The van der Waals surface area contributed by atoms with Crippen LogP contribution in [0.15, 0.2) is 18.3 Å². The highest BCUT2D eigenvalue weighted by Crippen LogP contribution is 2.28. The van der Waals surface area contributed by atoms with Gasteiger partial charge in [0.2, 0.25) is 0 Å². The van der Waals surface area contributed by atoms with E-state index in [1.54, 1.807) is 18.3 Å². The zero-order valence-electron chi connectivity index (χ0n) is 11.9. The molecule has 110 valence electrons. The van der Waals surface area contributed by atoms with Crippen molar-refractivity contribution in [2.75, 3.05) is 25.2 Å². The molecule has 0 atom stereocenters. The molecular weight excluding hydrogens is 256 g/mol. The van der Waals surface area contributed by atoms with Gasteiger partial charge in [0.25, 0.3) is 0 Å². The SMILES string of the molecule is COC(=O)c1cccnc1N(CCO)C1CCCCC1. The van der Waals surface area contributed by atoms with Crippen molar-refractivity contribution < 1.29 is 14.6 Å². The highest BCUT2D eigenvalue weighted by Gasteiger charge is 2.25. The molecule has 1 heterocycles. The van der Waals surface area contributed by atoms with Gasteiger partial charge in [0.05, 0.1) is 13.7 Å². The minimum atomic E-state index is -0.383. The summed E-state index contributed by atoms with van der Waals surface area (Å²) in [7, 11) is 1.37. The van der Waals surface area contributed by atoms with Crippen LogP contribution in [0.2, 0.25) is 0 Å². The average molecular weight is 278 g/mol. The van der Waals surface area contributed by atoms with Crippen molar-refractivity contribution in [1.82, 2.24) is 4.98 Å². The molecule has 0 spiro atoms. The number of carbonyl (C=O) groups is 1. The predicted molar refractivity (Wildman–Crippen MR) is 76.9 cm³/mol. The molecule has 0 saturated heterocycles. The number of ether oxygens (including phenoxy) is 1. The number of aliphatic hydroxyl groups is 1. The first-order chi connectivity index (χ1) is 9.77. The normalized spacial score (nSPS) is 15.9. The maximum Gasteiger partial charge on any atom is 0.341 e. The molecule has 20 heavy (non-hydrogen) atoms. The Morgan fingerprint density at radius 2 is 2.20 bits per heavy atom. The molecule has 1 aromatic rings. The Morgan fingerprint density at radius 1 is 1.45 bits per heavy atom. The summed E-state index contributed by atoms with van der Waals surface area (Å²) in [5.41, 5.74) is 0.467. The Labute approximate surface area is 119 Å². The van der Waals surface area contributed by atoms with E-state index in [1.165, 1.54) is 26.4 Å². The van der Waals surface area contributed by atoms with Gasteiger partial charge in [-0.15, -0.1) is 0 Å². The van der Waals surface area contributed by atoms with Crippen LogP contribution in [0.25, 0.3) is 0 Å². The van der Waals surface area contributed by atoms with Crippen molar-refractivity contribution in [3.63, 3.8) is 0 Å². The molecular formula is C15H22N2O3. The van der Waals surface area contributed by atoms with Crippen LogP contribution < -0.4 is 4.90 Å². The van der Waals surface area contributed by atoms with Crippen LogP contribution in [-0.2, 0) is 4.74 Å². The van der Waals surface area contributed by atoms with Crippen LogP contribution in [-0.4, -0.2) is 42.4 Å². The Hall–Kier alpha value is -1.62. The molecule has 0 aliphatic heterocycles. The number of anilines is 1. The number of aromatic nitrogens is 1. The molecule has 0 radical (unpaired) electrons. The van der Waals surface area contributed by atoms with Crippen molar-refractivity contribution in [1.29, 1.82) is 0 Å². The molecule has 1 aliphatic rings. The van der Waals surface area contributed by atoms with Crippen molar-refractivity contribution in [3.8, 4) is 0 Å². The Morgan fingerprint density at radius 3 is 2.85 bits per heavy atom. The summed E-state index contributed by atoms with van der Waals surface area (Å²) in [6.07, 6.45) is 7.47. The summed E-state index contributed by atoms with van der Waals surface area (Å²) in [6, 6.07) is 3.80. The molecule has 1 aromatic heterocycles. The van der Waals surface area contributed by atoms with Gasteiger partial charge in [0, 0.05) is 18.8 Å². The largest absolute Gasteiger partial charge is 0.465 e. The van der Waals surface area contributed by atoms with Gasteiger partial charge in [-0.25, -0.2) is 9.78 Å². The molecule has 0 unspecified atom stereocenters. The molecule has 0 amide bonds. The first-order valence-corrected chi connectivity index (χ1v) is 7.18. The second kappa shape index (κ2) is 7.24. The highest BCUT2D eigenvalue weighted by molar-refractivity contribution is 5.94. The van der Waals surface area contributed by atoms with Gasteiger partial charge in [0.15, 0.2) is 0 Å². The number of carbonyl (C=O) groups excluding carboxylic acids is 1. The lowest BCUT2D eigenvalue weighted by Crippen LogP contribution is -2.40. The van der Waals surface area contributed by atoms with Gasteiger partial charge in [0.1, 0.15) is 11.4 Å². The fraction of sp³-hybridized carbons (Fsp3) is 0.600. The van der Waals surface area contributed by atoms with E-state index in [4.69, 9.17) is 4.74 Å². The first-order valence-electron chi connectivity index (χ1n) is 7.18. The summed E-state index contributed by atoms with van der Waals surface area (Å²) >= 11 is 0. The van der Waals surface area contributed by atoms with E-state index in [1.807, 2.05) is 0 Å². The smallest absolute Gasteiger partial charge is 0.341 e. The molecule has 1 fully saturated rings. The van der Waals surface area contributed by atoms with Crippen LogP contribution in [0.3, 0.4) is 0 Å². The minimum Gasteiger partial charge on any atom is -0.465 e. The first kappa shape index (κ1) is 14.8. The van der Waals surface area contributed by atoms with Gasteiger partial charge in [-0.05, 0) is 25.0 Å². The molecule has 2 rings (SSSR count). The third-order valence-electron chi connectivity index (χ3n) is 3.82. The molecule has 0 bridgehead atoms. The number of esters is 1. The topological polar surface area (TPSA) is 62.7 Å². The average Bonchev–Trinajstić information content (AvgIpc) is 2.53. The summed E-state index contributed by atoms with van der Waals surface area (Å²) in [4.78, 5) is 18.3. The third-order valence-corrected chi connectivity index (χ3v) is 3.82. The van der Waals surface area contributed by atoms with Crippen molar-refractivity contribution in [2.45, 2.75) is 38.1 Å². The lowest BCUT2D eigenvalue weighted by molar-refractivity contribution is 0.0600. The summed E-state index contributed by atoms with van der Waals surface area (Å²) in [5, 5.41) is 9.33. The zero-order valence-corrected chi connectivity index (χ0v) is 11.9. The fourth-order valence-electron chi connectivity index (χ4n) is 2.86.